The number of hydrogen-bond donors (Lipinski definition) is 1. The molecule has 0 bridgehead atoms. The molecular formula is C23H35N3O3SSi. The van der Waals surface area contributed by atoms with Crippen molar-refractivity contribution in [1.29, 1.82) is 0 Å². The molecule has 31 heavy (non-hydrogen) atoms. The molecule has 1 fully saturated rings. The van der Waals surface area contributed by atoms with Crippen molar-refractivity contribution >= 4 is 35.9 Å². The van der Waals surface area contributed by atoms with Gasteiger partial charge in [-0.3, -0.25) is 4.90 Å². The van der Waals surface area contributed by atoms with Crippen LogP contribution in [-0.2, 0) is 17.0 Å². The number of amides is 1. The number of hydrogen-bond acceptors (Lipinski definition) is 4. The van der Waals surface area contributed by atoms with E-state index in [1.165, 1.54) is 11.3 Å². The van der Waals surface area contributed by atoms with Crippen molar-refractivity contribution in [2.75, 3.05) is 13.2 Å². The molecule has 1 aliphatic rings. The van der Waals surface area contributed by atoms with Gasteiger partial charge in [-0.2, -0.15) is 0 Å². The van der Waals surface area contributed by atoms with E-state index in [4.69, 9.17) is 16.1 Å². The molecule has 0 spiro atoms. The number of nitrogens with zero attached hydrogens (tertiary/aromatic N) is 3. The smallest absolute Gasteiger partial charge is 0.408 e. The fourth-order valence-corrected chi connectivity index (χ4v) is 6.21. The largest absolute Gasteiger partial charge is 0.465 e. The molecule has 0 radical (unpaired) electrons. The summed E-state index contributed by atoms with van der Waals surface area (Å²) in [6.07, 6.45) is 5.46. The standard InChI is InChI=1S/C23H35N3O3SSi/c1-9-17-12-18-19(30-17)24-20(25(18)15-29-10-11-31(6,7)8)23(22(3,4)5)13-16(2)14-26(23)21(27)28/h1,12,16H,10-11,13-15H2,2-8H3,(H,27,28)/t16-,23+/m0/s1. The number of fused-ring (bicyclic) bond motifs is 1. The molecule has 1 amide bonds. The average Bonchev–Trinajstić information content (AvgIpc) is 3.28. The van der Waals surface area contributed by atoms with Crippen LogP contribution in [0.5, 0.6) is 0 Å². The van der Waals surface area contributed by atoms with Crippen LogP contribution in [0, 0.1) is 23.7 Å². The lowest BCUT2D eigenvalue weighted by Gasteiger charge is -2.46. The zero-order valence-electron chi connectivity index (χ0n) is 19.8. The second-order valence-electron chi connectivity index (χ2n) is 11.0. The normalized spacial score (nSPS) is 22.3. The van der Waals surface area contributed by atoms with Crippen molar-refractivity contribution in [1.82, 2.24) is 14.5 Å². The first kappa shape index (κ1) is 23.8. The average molecular weight is 462 g/mol. The summed E-state index contributed by atoms with van der Waals surface area (Å²) in [7, 11) is -1.21. The number of carbonyl (C=O) groups is 1. The van der Waals surface area contributed by atoms with Crippen LogP contribution in [0.3, 0.4) is 0 Å². The monoisotopic (exact) mass is 461 g/mol. The van der Waals surface area contributed by atoms with Crippen LogP contribution in [0.1, 0.15) is 44.8 Å². The summed E-state index contributed by atoms with van der Waals surface area (Å²) in [5.41, 5.74) is -0.168. The number of carboxylic acid groups (broad SMARTS) is 1. The molecular weight excluding hydrogens is 426 g/mol. The van der Waals surface area contributed by atoms with Crippen molar-refractivity contribution in [3.63, 3.8) is 0 Å². The molecule has 170 valence electrons. The van der Waals surface area contributed by atoms with E-state index in [1.807, 2.05) is 6.07 Å². The van der Waals surface area contributed by atoms with Crippen molar-refractivity contribution in [3.05, 3.63) is 16.8 Å². The molecule has 1 aliphatic heterocycles. The van der Waals surface area contributed by atoms with E-state index >= 15 is 0 Å². The van der Waals surface area contributed by atoms with E-state index < -0.39 is 19.7 Å². The fraction of sp³-hybridized carbons (Fsp3) is 0.652. The number of rotatable bonds is 6. The van der Waals surface area contributed by atoms with Gasteiger partial charge in [-0.05, 0) is 29.9 Å². The summed E-state index contributed by atoms with van der Waals surface area (Å²) < 4.78 is 8.20. The molecule has 2 aromatic rings. The lowest BCUT2D eigenvalue weighted by molar-refractivity contribution is 0.00996. The summed E-state index contributed by atoms with van der Waals surface area (Å²) in [6, 6.07) is 3.04. The minimum atomic E-state index is -1.21. The Balaban J connectivity index is 2.13. The predicted molar refractivity (Wildman–Crippen MR) is 129 cm³/mol. The predicted octanol–water partition coefficient (Wildman–Crippen LogP) is 5.65. The van der Waals surface area contributed by atoms with Crippen LogP contribution in [-0.4, -0.2) is 46.9 Å². The van der Waals surface area contributed by atoms with E-state index in [0.29, 0.717) is 19.9 Å². The zero-order valence-corrected chi connectivity index (χ0v) is 21.6. The van der Waals surface area contributed by atoms with E-state index in [0.717, 1.165) is 33.5 Å². The molecule has 6 nitrogen and oxygen atoms in total. The summed E-state index contributed by atoms with van der Waals surface area (Å²) in [6.45, 7) is 16.9. The summed E-state index contributed by atoms with van der Waals surface area (Å²) in [4.78, 5) is 20.6. The van der Waals surface area contributed by atoms with Gasteiger partial charge >= 0.3 is 6.09 Å². The fourth-order valence-electron chi connectivity index (χ4n) is 4.61. The maximum Gasteiger partial charge on any atom is 0.408 e. The molecule has 1 saturated heterocycles. The van der Waals surface area contributed by atoms with Crippen LogP contribution in [0.4, 0.5) is 4.79 Å². The highest BCUT2D eigenvalue weighted by Crippen LogP contribution is 2.53. The van der Waals surface area contributed by atoms with E-state index in [9.17, 15) is 9.90 Å². The second-order valence-corrected chi connectivity index (χ2v) is 17.6. The number of likely N-dealkylation sites (tertiary alicyclic amines) is 1. The second kappa shape index (κ2) is 8.27. The van der Waals surface area contributed by atoms with Gasteiger partial charge in [0.15, 0.2) is 0 Å². The maximum atomic E-state index is 12.4. The highest BCUT2D eigenvalue weighted by molar-refractivity contribution is 7.19. The van der Waals surface area contributed by atoms with Crippen molar-refractivity contribution in [3.8, 4) is 12.3 Å². The quantitative estimate of drug-likeness (QED) is 0.343. The molecule has 0 unspecified atom stereocenters. The van der Waals surface area contributed by atoms with E-state index in [-0.39, 0.29) is 11.3 Å². The van der Waals surface area contributed by atoms with Crippen LogP contribution in [0.25, 0.3) is 10.3 Å². The first-order valence-electron chi connectivity index (χ1n) is 10.9. The van der Waals surface area contributed by atoms with Gasteiger partial charge in [0.25, 0.3) is 0 Å². The molecule has 2 atom stereocenters. The Morgan fingerprint density at radius 2 is 2.13 bits per heavy atom. The molecule has 0 aromatic carbocycles. The Bertz CT molecular complexity index is 1010. The van der Waals surface area contributed by atoms with Gasteiger partial charge in [-0.1, -0.05) is 53.3 Å². The van der Waals surface area contributed by atoms with Crippen LogP contribution >= 0.6 is 11.3 Å². The minimum Gasteiger partial charge on any atom is -0.465 e. The molecule has 2 aromatic heterocycles. The highest BCUT2D eigenvalue weighted by Gasteiger charge is 2.58. The van der Waals surface area contributed by atoms with Gasteiger partial charge in [0, 0.05) is 21.2 Å². The molecule has 8 heteroatoms. The molecule has 0 saturated carbocycles. The van der Waals surface area contributed by atoms with E-state index in [2.05, 4.69) is 57.8 Å². The Labute approximate surface area is 190 Å². The summed E-state index contributed by atoms with van der Waals surface area (Å²) in [5, 5.41) is 10.1. The first-order valence-corrected chi connectivity index (χ1v) is 15.4. The molecule has 3 heterocycles. The number of aromatic nitrogens is 2. The zero-order chi connectivity index (χ0) is 23.2. The third kappa shape index (κ3) is 4.41. The Morgan fingerprint density at radius 1 is 1.45 bits per heavy atom. The first-order chi connectivity index (χ1) is 14.3. The van der Waals surface area contributed by atoms with Crippen molar-refractivity contribution < 1.29 is 14.6 Å². The van der Waals surface area contributed by atoms with Crippen LogP contribution in [0.15, 0.2) is 6.07 Å². The lowest BCUT2D eigenvalue weighted by Crippen LogP contribution is -2.54. The van der Waals surface area contributed by atoms with E-state index in [1.54, 1.807) is 4.90 Å². The highest BCUT2D eigenvalue weighted by atomic mass is 32.1. The van der Waals surface area contributed by atoms with Gasteiger partial charge in [0.2, 0.25) is 0 Å². The number of ether oxygens (including phenoxy) is 1. The Hall–Kier alpha value is -1.82. The van der Waals surface area contributed by atoms with Gasteiger partial charge in [0.1, 0.15) is 22.9 Å². The van der Waals surface area contributed by atoms with Crippen molar-refractivity contribution in [2.45, 2.75) is 72.1 Å². The van der Waals surface area contributed by atoms with Gasteiger partial charge in [0.05, 0.1) is 10.4 Å². The third-order valence-electron chi connectivity index (χ3n) is 6.25. The summed E-state index contributed by atoms with van der Waals surface area (Å²) >= 11 is 1.47. The maximum absolute atomic E-state index is 12.4. The molecule has 3 rings (SSSR count). The van der Waals surface area contributed by atoms with Gasteiger partial charge in [-0.25, -0.2) is 9.78 Å². The SMILES string of the molecule is C#Cc1cc2c(nc([C@@]3(C(C)(C)C)C[C@H](C)CN3C(=O)O)n2COCC[Si](C)(C)C)s1. The molecule has 1 N–H and O–H groups in total. The number of imidazole rings is 1. The lowest BCUT2D eigenvalue weighted by atomic mass is 9.70. The van der Waals surface area contributed by atoms with Crippen LogP contribution in [0.2, 0.25) is 25.7 Å². The molecule has 0 aliphatic carbocycles. The van der Waals surface area contributed by atoms with Gasteiger partial charge < -0.3 is 14.4 Å². The number of terminal acetylenes is 1. The topological polar surface area (TPSA) is 67.6 Å². The summed E-state index contributed by atoms with van der Waals surface area (Å²) in [5.74, 6) is 3.72. The Morgan fingerprint density at radius 3 is 2.68 bits per heavy atom. The third-order valence-corrected chi connectivity index (χ3v) is 8.90. The number of thiophene rings is 1. The van der Waals surface area contributed by atoms with Crippen LogP contribution < -0.4 is 0 Å². The van der Waals surface area contributed by atoms with Crippen molar-refractivity contribution in [2.24, 2.45) is 11.3 Å². The van der Waals surface area contributed by atoms with Gasteiger partial charge in [-0.15, -0.1) is 17.8 Å². The minimum absolute atomic E-state index is 0.243. The Kier molecular flexibility index (Phi) is 6.35.